The Morgan fingerprint density at radius 1 is 0.353 bits per heavy atom. The lowest BCUT2D eigenvalue weighted by molar-refractivity contribution is -0.577. The Hall–Kier alpha value is -1.98. The van der Waals surface area contributed by atoms with E-state index in [4.69, 9.17) is 0 Å². The van der Waals surface area contributed by atoms with Crippen molar-refractivity contribution in [3.8, 4) is 0 Å². The van der Waals surface area contributed by atoms with Crippen molar-refractivity contribution in [3.05, 3.63) is 12.1 Å². The molecule has 0 aromatic carbocycles. The molecule has 0 aliphatic heterocycles. The zero-order valence-electron chi connectivity index (χ0n) is 14.2. The third kappa shape index (κ3) is 6.79. The molecule has 0 saturated carbocycles. The monoisotopic (exact) mass is 564 g/mol. The molecule has 0 atom stereocenters. The Balaban J connectivity index is 5.94. The number of hydrogen-bond donors (Lipinski definition) is 0. The number of hydrogen-bond acceptors (Lipinski definition) is 4. The zero-order chi connectivity index (χ0) is 28.0. The van der Waals surface area contributed by atoms with Gasteiger partial charge in [-0.05, 0) is 0 Å². The fourth-order valence-corrected chi connectivity index (χ4v) is 1.05. The van der Waals surface area contributed by atoms with Gasteiger partial charge in [-0.15, -0.1) is 0 Å². The van der Waals surface area contributed by atoms with Crippen LogP contribution in [0.25, 0.3) is 0 Å². The molecule has 204 valence electrons. The van der Waals surface area contributed by atoms with Gasteiger partial charge in [0.05, 0.1) is 0 Å². The van der Waals surface area contributed by atoms with E-state index in [-0.39, 0.29) is 0 Å². The molecule has 34 heavy (non-hydrogen) atoms. The second-order valence-electron chi connectivity index (χ2n) is 5.06. The smallest absolute Gasteiger partial charge is 0.396 e. The summed E-state index contributed by atoms with van der Waals surface area (Å²) in [7, 11) is 0. The molecule has 0 amide bonds. The molecule has 0 radical (unpaired) electrons. The summed E-state index contributed by atoms with van der Waals surface area (Å²) >= 11 is 0. The molecular formula is C10F20O4. The van der Waals surface area contributed by atoms with E-state index in [1.54, 1.807) is 0 Å². The highest BCUT2D eigenvalue weighted by atomic mass is 19.4. The lowest BCUT2D eigenvalue weighted by Gasteiger charge is -2.35. The van der Waals surface area contributed by atoms with Gasteiger partial charge in [-0.2, -0.15) is 87.8 Å². The number of alkyl halides is 17. The van der Waals surface area contributed by atoms with Crippen LogP contribution in [-0.4, -0.2) is 48.9 Å². The average molecular weight is 564 g/mol. The number of halogens is 20. The summed E-state index contributed by atoms with van der Waals surface area (Å²) in [5.41, 5.74) is 0. The standard InChI is InChI=1S/C10F20O4/c11-1(12)2(13)31-5(19,20)6(21,22)33-9(27,28)10(29,30)34-8(25,26)7(23,24)32-4(17,18)3(14,15)16. The van der Waals surface area contributed by atoms with Gasteiger partial charge in [-0.3, -0.25) is 0 Å². The fourth-order valence-electron chi connectivity index (χ4n) is 1.05. The lowest BCUT2D eigenvalue weighted by Crippen LogP contribution is -2.60. The molecule has 0 fully saturated rings. The van der Waals surface area contributed by atoms with Gasteiger partial charge >= 0.3 is 61.0 Å². The minimum atomic E-state index is -7.77. The van der Waals surface area contributed by atoms with Crippen LogP contribution in [0.1, 0.15) is 0 Å². The van der Waals surface area contributed by atoms with Gasteiger partial charge in [-0.25, -0.2) is 14.2 Å². The lowest BCUT2D eigenvalue weighted by atomic mass is 10.4. The zero-order valence-corrected chi connectivity index (χ0v) is 14.2. The summed E-state index contributed by atoms with van der Waals surface area (Å²) in [4.78, 5) is 0. The minimum Gasteiger partial charge on any atom is -0.396 e. The van der Waals surface area contributed by atoms with Crippen molar-refractivity contribution in [1.29, 1.82) is 0 Å². The van der Waals surface area contributed by atoms with Crippen LogP contribution in [0.2, 0.25) is 0 Å². The molecule has 4 nitrogen and oxygen atoms in total. The maximum absolute atomic E-state index is 13.0. The van der Waals surface area contributed by atoms with Crippen molar-refractivity contribution in [2.75, 3.05) is 0 Å². The maximum atomic E-state index is 13.0. The quantitative estimate of drug-likeness (QED) is 0.205. The van der Waals surface area contributed by atoms with Crippen molar-refractivity contribution in [2.45, 2.75) is 48.9 Å². The first-order valence-electron chi connectivity index (χ1n) is 6.66. The van der Waals surface area contributed by atoms with Crippen LogP contribution in [0.3, 0.4) is 0 Å². The summed E-state index contributed by atoms with van der Waals surface area (Å²) in [6.45, 7) is 0. The van der Waals surface area contributed by atoms with Gasteiger partial charge < -0.3 is 4.74 Å². The molecule has 0 rings (SSSR count). The molecule has 0 bridgehead atoms. The Bertz CT molecular complexity index is 749. The van der Waals surface area contributed by atoms with Crippen molar-refractivity contribution in [1.82, 2.24) is 0 Å². The Morgan fingerprint density at radius 3 is 0.824 bits per heavy atom. The molecule has 0 heterocycles. The predicted octanol–water partition coefficient (Wildman–Crippen LogP) is 6.80. The van der Waals surface area contributed by atoms with E-state index >= 15 is 0 Å². The number of ether oxygens (including phenoxy) is 4. The molecule has 0 aliphatic carbocycles. The number of rotatable bonds is 11. The van der Waals surface area contributed by atoms with Crippen LogP contribution in [0.4, 0.5) is 87.8 Å². The van der Waals surface area contributed by atoms with Gasteiger partial charge in [0.25, 0.3) is 0 Å². The summed E-state index contributed by atoms with van der Waals surface area (Å²) in [5, 5.41) is 0. The molecule has 0 unspecified atom stereocenters. The highest BCUT2D eigenvalue weighted by molar-refractivity contribution is 4.85. The SMILES string of the molecule is FC(F)=C(F)OC(F)(F)C(F)(F)OC(F)(F)C(F)(F)OC(F)(F)C(F)(F)OC(F)(F)C(F)(F)F. The van der Waals surface area contributed by atoms with Gasteiger partial charge in [0.15, 0.2) is 0 Å². The Labute approximate surface area is 169 Å². The van der Waals surface area contributed by atoms with Crippen LogP contribution in [-0.2, 0) is 18.9 Å². The van der Waals surface area contributed by atoms with Crippen molar-refractivity contribution in [3.63, 3.8) is 0 Å². The molecule has 0 aromatic rings. The molecule has 0 spiro atoms. The molecular weight excluding hydrogens is 564 g/mol. The topological polar surface area (TPSA) is 36.9 Å². The predicted molar refractivity (Wildman–Crippen MR) is 55.4 cm³/mol. The van der Waals surface area contributed by atoms with E-state index < -0.39 is 61.0 Å². The third-order valence-electron chi connectivity index (χ3n) is 2.48. The summed E-state index contributed by atoms with van der Waals surface area (Å²) in [5.74, 6) is 0. The van der Waals surface area contributed by atoms with Crippen LogP contribution >= 0.6 is 0 Å². The van der Waals surface area contributed by atoms with Crippen molar-refractivity contribution >= 4 is 0 Å². The van der Waals surface area contributed by atoms with E-state index in [0.717, 1.165) is 0 Å². The normalized spacial score (nSPS) is 15.4. The van der Waals surface area contributed by atoms with E-state index in [9.17, 15) is 87.8 Å². The fraction of sp³-hybridized carbons (Fsp3) is 0.800. The molecule has 0 aliphatic rings. The van der Waals surface area contributed by atoms with E-state index in [0.29, 0.717) is 0 Å². The maximum Gasteiger partial charge on any atom is 0.496 e. The highest BCUT2D eigenvalue weighted by Gasteiger charge is 2.78. The molecule has 0 saturated heterocycles. The van der Waals surface area contributed by atoms with Crippen LogP contribution in [0.5, 0.6) is 0 Å². The first kappa shape index (κ1) is 32.0. The average Bonchev–Trinajstić information content (AvgIpc) is 2.49. The Morgan fingerprint density at radius 2 is 0.588 bits per heavy atom. The first-order valence-corrected chi connectivity index (χ1v) is 6.66. The van der Waals surface area contributed by atoms with E-state index in [2.05, 4.69) is 0 Å². The van der Waals surface area contributed by atoms with Gasteiger partial charge in [0.2, 0.25) is 0 Å². The minimum absolute atomic E-state index is 1.24. The van der Waals surface area contributed by atoms with Crippen molar-refractivity contribution in [2.24, 2.45) is 0 Å². The highest BCUT2D eigenvalue weighted by Crippen LogP contribution is 2.52. The summed E-state index contributed by atoms with van der Waals surface area (Å²) < 4.78 is 255. The van der Waals surface area contributed by atoms with Crippen LogP contribution < -0.4 is 0 Å². The third-order valence-corrected chi connectivity index (χ3v) is 2.48. The van der Waals surface area contributed by atoms with Gasteiger partial charge in [-0.1, -0.05) is 0 Å². The summed E-state index contributed by atoms with van der Waals surface area (Å²) in [6, 6.07) is -3.95. The molecule has 24 heteroatoms. The first-order chi connectivity index (χ1) is 14.4. The Kier molecular flexibility index (Phi) is 8.39. The molecule has 0 N–H and O–H groups in total. The van der Waals surface area contributed by atoms with Gasteiger partial charge in [0.1, 0.15) is 0 Å². The second kappa shape index (κ2) is 8.91. The molecule has 0 aromatic heterocycles. The largest absolute Gasteiger partial charge is 0.496 e. The summed E-state index contributed by atoms with van der Waals surface area (Å²) in [6.07, 6.45) is -63.9. The second-order valence-corrected chi connectivity index (χ2v) is 5.06. The van der Waals surface area contributed by atoms with Crippen LogP contribution in [0.15, 0.2) is 12.1 Å². The van der Waals surface area contributed by atoms with Gasteiger partial charge in [0, 0.05) is 0 Å². The van der Waals surface area contributed by atoms with E-state index in [1.165, 1.54) is 14.2 Å². The van der Waals surface area contributed by atoms with E-state index in [1.807, 2.05) is 4.74 Å². The van der Waals surface area contributed by atoms with Crippen molar-refractivity contribution < 1.29 is 107 Å². The van der Waals surface area contributed by atoms with Crippen LogP contribution in [0, 0.1) is 0 Å².